The summed E-state index contributed by atoms with van der Waals surface area (Å²) in [6, 6.07) is 17.0. The van der Waals surface area contributed by atoms with Gasteiger partial charge in [-0.15, -0.1) is 0 Å². The van der Waals surface area contributed by atoms with E-state index in [2.05, 4.69) is 0 Å². The van der Waals surface area contributed by atoms with Crippen LogP contribution in [0.5, 0.6) is 0 Å². The largest absolute Gasteiger partial charge is 0.390 e. The maximum atomic E-state index is 10.1. The Bertz CT molecular complexity index is 513. The van der Waals surface area contributed by atoms with Crippen molar-refractivity contribution in [1.29, 1.82) is 0 Å². The molecule has 2 rings (SSSR count). The zero-order chi connectivity index (χ0) is 13.7. The molecule has 2 nitrogen and oxygen atoms in total. The molecular weight excluding hydrogens is 260 g/mol. The van der Waals surface area contributed by atoms with Crippen LogP contribution in [0, 0.1) is 0 Å². The zero-order valence-corrected chi connectivity index (χ0v) is 11.3. The minimum Gasteiger partial charge on any atom is -0.390 e. The van der Waals surface area contributed by atoms with Crippen molar-refractivity contribution in [2.45, 2.75) is 25.0 Å². The average molecular weight is 277 g/mol. The lowest BCUT2D eigenvalue weighted by molar-refractivity contribution is 0.0137. The Morgan fingerprint density at radius 3 is 2.21 bits per heavy atom. The molecule has 0 saturated carbocycles. The third-order valence-electron chi connectivity index (χ3n) is 3.16. The van der Waals surface area contributed by atoms with Crippen molar-refractivity contribution in [2.24, 2.45) is 0 Å². The van der Waals surface area contributed by atoms with Crippen LogP contribution < -0.4 is 0 Å². The summed E-state index contributed by atoms with van der Waals surface area (Å²) in [5.41, 5.74) is 1.72. The second-order valence-electron chi connectivity index (χ2n) is 4.56. The third kappa shape index (κ3) is 3.80. The van der Waals surface area contributed by atoms with E-state index in [9.17, 15) is 10.2 Å². The molecule has 0 heterocycles. The molecule has 0 aliphatic carbocycles. The Kier molecular flexibility index (Phi) is 4.97. The molecule has 3 heteroatoms. The normalized spacial score (nSPS) is 14.1. The van der Waals surface area contributed by atoms with Crippen molar-refractivity contribution in [2.75, 3.05) is 0 Å². The van der Waals surface area contributed by atoms with Gasteiger partial charge < -0.3 is 10.2 Å². The van der Waals surface area contributed by atoms with E-state index in [1.807, 2.05) is 30.3 Å². The van der Waals surface area contributed by atoms with Crippen molar-refractivity contribution < 1.29 is 10.2 Å². The fourth-order valence-electron chi connectivity index (χ4n) is 2.04. The SMILES string of the molecule is OC(CCc1ccccc1)C(O)c1ccccc1Cl. The summed E-state index contributed by atoms with van der Waals surface area (Å²) in [6.45, 7) is 0. The number of aryl methyl sites for hydroxylation is 1. The number of halogens is 1. The molecule has 0 radical (unpaired) electrons. The van der Waals surface area contributed by atoms with E-state index >= 15 is 0 Å². The van der Waals surface area contributed by atoms with Crippen LogP contribution in [0.1, 0.15) is 23.7 Å². The van der Waals surface area contributed by atoms with Gasteiger partial charge in [0.15, 0.2) is 0 Å². The van der Waals surface area contributed by atoms with Gasteiger partial charge in [0, 0.05) is 10.6 Å². The maximum Gasteiger partial charge on any atom is 0.106 e. The second kappa shape index (κ2) is 6.71. The predicted molar refractivity (Wildman–Crippen MR) is 77.2 cm³/mol. The topological polar surface area (TPSA) is 40.5 Å². The zero-order valence-electron chi connectivity index (χ0n) is 10.5. The van der Waals surface area contributed by atoms with Crippen molar-refractivity contribution >= 4 is 11.6 Å². The number of rotatable bonds is 5. The second-order valence-corrected chi connectivity index (χ2v) is 4.97. The van der Waals surface area contributed by atoms with Crippen molar-refractivity contribution in [3.8, 4) is 0 Å². The van der Waals surface area contributed by atoms with Crippen LogP contribution in [0.2, 0.25) is 5.02 Å². The summed E-state index contributed by atoms with van der Waals surface area (Å²) in [7, 11) is 0. The Morgan fingerprint density at radius 2 is 1.53 bits per heavy atom. The molecule has 2 unspecified atom stereocenters. The van der Waals surface area contributed by atoms with Crippen LogP contribution >= 0.6 is 11.6 Å². The Labute approximate surface area is 118 Å². The number of benzene rings is 2. The van der Waals surface area contributed by atoms with Gasteiger partial charge in [0.2, 0.25) is 0 Å². The van der Waals surface area contributed by atoms with Gasteiger partial charge in [0.05, 0.1) is 6.10 Å². The minimum absolute atomic E-state index is 0.480. The number of hydrogen-bond acceptors (Lipinski definition) is 2. The summed E-state index contributed by atoms with van der Waals surface area (Å²) in [5.74, 6) is 0. The molecule has 2 aromatic carbocycles. The average Bonchev–Trinajstić information content (AvgIpc) is 2.45. The first kappa shape index (κ1) is 14.1. The molecule has 0 aliphatic rings. The Hall–Kier alpha value is -1.35. The highest BCUT2D eigenvalue weighted by Crippen LogP contribution is 2.26. The van der Waals surface area contributed by atoms with Gasteiger partial charge in [-0.05, 0) is 24.5 Å². The van der Waals surface area contributed by atoms with Crippen LogP contribution in [0.15, 0.2) is 54.6 Å². The van der Waals surface area contributed by atoms with Crippen LogP contribution in [-0.4, -0.2) is 16.3 Å². The number of aliphatic hydroxyl groups excluding tert-OH is 2. The van der Waals surface area contributed by atoms with Gasteiger partial charge in [0.25, 0.3) is 0 Å². The van der Waals surface area contributed by atoms with E-state index in [-0.39, 0.29) is 0 Å². The maximum absolute atomic E-state index is 10.1. The Morgan fingerprint density at radius 1 is 0.895 bits per heavy atom. The Balaban J connectivity index is 1.96. The molecule has 0 spiro atoms. The third-order valence-corrected chi connectivity index (χ3v) is 3.50. The molecule has 2 atom stereocenters. The molecule has 100 valence electrons. The molecule has 2 N–H and O–H groups in total. The van der Waals surface area contributed by atoms with Gasteiger partial charge in [-0.3, -0.25) is 0 Å². The van der Waals surface area contributed by atoms with Crippen LogP contribution in [0.25, 0.3) is 0 Å². The highest BCUT2D eigenvalue weighted by atomic mass is 35.5. The smallest absolute Gasteiger partial charge is 0.106 e. The number of aliphatic hydroxyl groups is 2. The molecular formula is C16H17ClO2. The van der Waals surface area contributed by atoms with Gasteiger partial charge in [-0.2, -0.15) is 0 Å². The standard InChI is InChI=1S/C16H17ClO2/c17-14-9-5-4-8-13(14)16(19)15(18)11-10-12-6-2-1-3-7-12/h1-9,15-16,18-19H,10-11H2. The van der Waals surface area contributed by atoms with Crippen LogP contribution in [0.4, 0.5) is 0 Å². The summed E-state index contributed by atoms with van der Waals surface area (Å²) in [6.07, 6.45) is -0.544. The van der Waals surface area contributed by atoms with Crippen molar-refractivity contribution in [3.63, 3.8) is 0 Å². The van der Waals surface area contributed by atoms with Gasteiger partial charge in [-0.25, -0.2) is 0 Å². The highest BCUT2D eigenvalue weighted by molar-refractivity contribution is 6.31. The molecule has 0 aliphatic heterocycles. The van der Waals surface area contributed by atoms with Crippen LogP contribution in [0.3, 0.4) is 0 Å². The summed E-state index contributed by atoms with van der Waals surface area (Å²) >= 11 is 6.01. The lowest BCUT2D eigenvalue weighted by atomic mass is 9.98. The number of hydrogen-bond donors (Lipinski definition) is 2. The van der Waals surface area contributed by atoms with Crippen molar-refractivity contribution in [1.82, 2.24) is 0 Å². The first-order valence-electron chi connectivity index (χ1n) is 6.33. The quantitative estimate of drug-likeness (QED) is 0.879. The van der Waals surface area contributed by atoms with E-state index in [0.29, 0.717) is 17.0 Å². The first-order chi connectivity index (χ1) is 9.18. The van der Waals surface area contributed by atoms with Gasteiger partial charge >= 0.3 is 0 Å². The fourth-order valence-corrected chi connectivity index (χ4v) is 2.29. The van der Waals surface area contributed by atoms with E-state index in [1.54, 1.807) is 24.3 Å². The van der Waals surface area contributed by atoms with E-state index < -0.39 is 12.2 Å². The van der Waals surface area contributed by atoms with Crippen molar-refractivity contribution in [3.05, 3.63) is 70.7 Å². The predicted octanol–water partition coefficient (Wildman–Crippen LogP) is 3.37. The molecule has 0 saturated heterocycles. The van der Waals surface area contributed by atoms with E-state index in [4.69, 9.17) is 11.6 Å². The molecule has 0 aromatic heterocycles. The van der Waals surface area contributed by atoms with E-state index in [1.165, 1.54) is 0 Å². The molecule has 2 aromatic rings. The first-order valence-corrected chi connectivity index (χ1v) is 6.71. The molecule has 0 amide bonds. The minimum atomic E-state index is -0.947. The highest BCUT2D eigenvalue weighted by Gasteiger charge is 2.20. The van der Waals surface area contributed by atoms with E-state index in [0.717, 1.165) is 12.0 Å². The summed E-state index contributed by atoms with van der Waals surface area (Å²) in [5, 5.41) is 20.6. The molecule has 19 heavy (non-hydrogen) atoms. The lowest BCUT2D eigenvalue weighted by Crippen LogP contribution is -2.19. The summed E-state index contributed by atoms with van der Waals surface area (Å²) in [4.78, 5) is 0. The van der Waals surface area contributed by atoms with Crippen LogP contribution in [-0.2, 0) is 6.42 Å². The lowest BCUT2D eigenvalue weighted by Gasteiger charge is -2.19. The monoisotopic (exact) mass is 276 g/mol. The molecule has 0 fully saturated rings. The fraction of sp³-hybridized carbons (Fsp3) is 0.250. The molecule has 0 bridgehead atoms. The summed E-state index contributed by atoms with van der Waals surface area (Å²) < 4.78 is 0. The van der Waals surface area contributed by atoms with Gasteiger partial charge in [0.1, 0.15) is 6.10 Å². The van der Waals surface area contributed by atoms with Gasteiger partial charge in [-0.1, -0.05) is 60.1 Å².